The lowest BCUT2D eigenvalue weighted by Gasteiger charge is -2.42. The normalized spacial score (nSPS) is 14.0. The van der Waals surface area contributed by atoms with E-state index in [1.165, 1.54) is 17.2 Å². The minimum absolute atomic E-state index is 0.194. The fourth-order valence-electron chi connectivity index (χ4n) is 7.08. The van der Waals surface area contributed by atoms with Crippen LogP contribution in [0.1, 0.15) is 84.5 Å². The smallest absolute Gasteiger partial charge is 0.197 e. The Morgan fingerprint density at radius 1 is 0.646 bits per heavy atom. The van der Waals surface area contributed by atoms with Gasteiger partial charge in [-0.2, -0.15) is 0 Å². The van der Waals surface area contributed by atoms with Crippen LogP contribution in [0, 0.1) is 12.7 Å². The van der Waals surface area contributed by atoms with Gasteiger partial charge in [-0.3, -0.25) is 9.59 Å². The first-order valence-corrected chi connectivity index (χ1v) is 16.8. The number of hydrogen-bond donors (Lipinski definition) is 0. The molecule has 0 aromatic heterocycles. The monoisotopic (exact) mass is 633 g/mol. The van der Waals surface area contributed by atoms with Gasteiger partial charge in [-0.1, -0.05) is 102 Å². The van der Waals surface area contributed by atoms with Crippen molar-refractivity contribution < 1.29 is 14.0 Å². The summed E-state index contributed by atoms with van der Waals surface area (Å²) in [6.07, 6.45) is 1.72. The molecule has 0 bridgehead atoms. The summed E-state index contributed by atoms with van der Waals surface area (Å²) in [5.74, 6) is -0.691. The van der Waals surface area contributed by atoms with E-state index in [0.29, 0.717) is 16.7 Å². The van der Waals surface area contributed by atoms with Crippen LogP contribution >= 0.6 is 0 Å². The highest BCUT2D eigenvalue weighted by Crippen LogP contribution is 2.54. The van der Waals surface area contributed by atoms with Crippen LogP contribution in [-0.4, -0.2) is 11.6 Å². The average molecular weight is 634 g/mol. The fraction of sp³-hybridized carbons (Fsp3) is 0.182. The van der Waals surface area contributed by atoms with Crippen LogP contribution in [0.4, 0.5) is 21.5 Å². The first-order chi connectivity index (χ1) is 23.2. The molecule has 0 spiro atoms. The number of ketones is 2. The van der Waals surface area contributed by atoms with E-state index in [4.69, 9.17) is 0 Å². The molecule has 8 rings (SSSR count). The quantitative estimate of drug-likeness (QED) is 0.141. The largest absolute Gasteiger partial charge is 0.310 e. The second-order valence-corrected chi connectivity index (χ2v) is 12.3. The van der Waals surface area contributed by atoms with Gasteiger partial charge < -0.3 is 4.90 Å². The van der Waals surface area contributed by atoms with Gasteiger partial charge >= 0.3 is 0 Å². The van der Waals surface area contributed by atoms with Crippen LogP contribution < -0.4 is 4.90 Å². The maximum Gasteiger partial charge on any atom is 0.197 e. The van der Waals surface area contributed by atoms with Crippen molar-refractivity contribution in [2.75, 3.05) is 4.90 Å². The van der Waals surface area contributed by atoms with E-state index in [-0.39, 0.29) is 28.4 Å². The number of para-hydroxylation sites is 1. The molecular weight excluding hydrogens is 593 g/mol. The molecule has 3 nitrogen and oxygen atoms in total. The summed E-state index contributed by atoms with van der Waals surface area (Å²) in [4.78, 5) is 29.0. The number of nitrogens with zero attached hydrogens (tertiary/aromatic N) is 1. The molecule has 1 aliphatic heterocycles. The Morgan fingerprint density at radius 2 is 1.27 bits per heavy atom. The van der Waals surface area contributed by atoms with Crippen molar-refractivity contribution in [1.82, 2.24) is 0 Å². The van der Waals surface area contributed by atoms with E-state index in [1.54, 1.807) is 13.0 Å². The molecular formula is C44H40FNO2. The summed E-state index contributed by atoms with van der Waals surface area (Å²) < 4.78 is 14.3. The molecule has 0 unspecified atom stereocenters. The van der Waals surface area contributed by atoms with Crippen molar-refractivity contribution in [1.29, 1.82) is 0 Å². The van der Waals surface area contributed by atoms with Gasteiger partial charge in [-0.05, 0) is 105 Å². The van der Waals surface area contributed by atoms with Crippen LogP contribution in [0.5, 0.6) is 0 Å². The summed E-state index contributed by atoms with van der Waals surface area (Å²) in [5, 5.41) is 3.99. The minimum Gasteiger partial charge on any atom is -0.310 e. The molecule has 0 fully saturated rings. The van der Waals surface area contributed by atoms with Crippen LogP contribution in [0.3, 0.4) is 0 Å². The zero-order valence-corrected chi connectivity index (χ0v) is 28.6. The number of rotatable bonds is 2. The van der Waals surface area contributed by atoms with Crippen LogP contribution in [0.15, 0.2) is 115 Å². The predicted octanol–water partition coefficient (Wildman–Crippen LogP) is 12.1. The van der Waals surface area contributed by atoms with E-state index in [9.17, 15) is 14.0 Å². The Labute approximate surface area is 282 Å². The van der Waals surface area contributed by atoms with Crippen LogP contribution in [0.2, 0.25) is 0 Å². The predicted molar refractivity (Wildman–Crippen MR) is 199 cm³/mol. The summed E-state index contributed by atoms with van der Waals surface area (Å²) >= 11 is 0. The van der Waals surface area contributed by atoms with Crippen LogP contribution in [0.25, 0.3) is 27.6 Å². The zero-order valence-electron chi connectivity index (χ0n) is 28.6. The zero-order chi connectivity index (χ0) is 34.3. The summed E-state index contributed by atoms with van der Waals surface area (Å²) in [7, 11) is 0. The number of aryl methyl sites for hydroxylation is 1. The third-order valence-electron chi connectivity index (χ3n) is 9.28. The number of hydrogen-bond acceptors (Lipinski definition) is 3. The van der Waals surface area contributed by atoms with E-state index in [1.807, 2.05) is 94.4 Å². The maximum atomic E-state index is 14.3. The highest BCUT2D eigenvalue weighted by molar-refractivity contribution is 6.42. The van der Waals surface area contributed by atoms with Crippen molar-refractivity contribution in [2.24, 2.45) is 0 Å². The highest BCUT2D eigenvalue weighted by Gasteiger charge is 2.38. The molecule has 2 aliphatic rings. The number of allylic oxidation sites excluding steroid dienone is 1. The molecule has 0 atom stereocenters. The van der Waals surface area contributed by atoms with Crippen molar-refractivity contribution in [3.63, 3.8) is 0 Å². The lowest BCUT2D eigenvalue weighted by atomic mass is 9.71. The molecule has 1 heterocycles. The number of anilines is 3. The third-order valence-corrected chi connectivity index (χ3v) is 9.28. The minimum atomic E-state index is -0.321. The SMILES string of the molecule is CC.CC.Cc1cc(N2c3ccccc3C(C)(C)c3c2ccc2cc(C=C4C(=O)c5cc6ccccc6cc5C4=O)ccc32)ccc1F. The Balaban J connectivity index is 0.000000969. The molecule has 0 amide bonds. The van der Waals surface area contributed by atoms with Gasteiger partial charge in [0, 0.05) is 22.2 Å². The number of halogens is 1. The van der Waals surface area contributed by atoms with Gasteiger partial charge in [-0.25, -0.2) is 4.39 Å². The molecule has 6 aromatic carbocycles. The molecule has 48 heavy (non-hydrogen) atoms. The van der Waals surface area contributed by atoms with Gasteiger partial charge in [0.05, 0.1) is 16.9 Å². The summed E-state index contributed by atoms with van der Waals surface area (Å²) in [6.45, 7) is 14.3. The molecule has 240 valence electrons. The second-order valence-electron chi connectivity index (χ2n) is 12.3. The van der Waals surface area contributed by atoms with E-state index in [0.717, 1.165) is 44.2 Å². The van der Waals surface area contributed by atoms with Crippen molar-refractivity contribution in [2.45, 2.75) is 53.9 Å². The van der Waals surface area contributed by atoms with Crippen molar-refractivity contribution in [3.05, 3.63) is 154 Å². The van der Waals surface area contributed by atoms with Gasteiger partial charge in [0.15, 0.2) is 11.6 Å². The van der Waals surface area contributed by atoms with Crippen molar-refractivity contribution in [3.8, 4) is 0 Å². The lowest BCUT2D eigenvalue weighted by Crippen LogP contribution is -2.31. The fourth-order valence-corrected chi connectivity index (χ4v) is 7.08. The molecule has 0 radical (unpaired) electrons. The van der Waals surface area contributed by atoms with Gasteiger partial charge in [-0.15, -0.1) is 0 Å². The number of carbonyl (C=O) groups is 2. The first kappa shape index (κ1) is 32.6. The second kappa shape index (κ2) is 12.7. The number of fused-ring (bicyclic) bond motifs is 6. The number of benzene rings is 6. The highest BCUT2D eigenvalue weighted by atomic mass is 19.1. The number of carbonyl (C=O) groups excluding carboxylic acids is 2. The van der Waals surface area contributed by atoms with E-state index < -0.39 is 0 Å². The molecule has 4 heteroatoms. The molecule has 0 saturated heterocycles. The molecule has 0 saturated carbocycles. The third kappa shape index (κ3) is 5.13. The summed E-state index contributed by atoms with van der Waals surface area (Å²) in [6, 6.07) is 35.4. The van der Waals surface area contributed by atoms with Gasteiger partial charge in [0.25, 0.3) is 0 Å². The first-order valence-electron chi connectivity index (χ1n) is 16.8. The molecule has 0 N–H and O–H groups in total. The Bertz CT molecular complexity index is 2220. The van der Waals surface area contributed by atoms with Crippen molar-refractivity contribution >= 4 is 56.2 Å². The lowest BCUT2D eigenvalue weighted by molar-refractivity contribution is 0.0990. The van der Waals surface area contributed by atoms with E-state index in [2.05, 4.69) is 55.1 Å². The standard InChI is InChI=1S/C40H28FNO2.2C2H6/c1-23-18-28(14-16-34(23)41)42-35-11-7-6-10-33(35)40(2,3)37-29-15-12-24(19-27(29)13-17-36(37)42)20-32-38(43)30-21-25-8-4-5-9-26(25)22-31(30)39(32)44;2*1-2/h4-22H,1-3H3;2*1-2H3. The Hall–Kier alpha value is -5.35. The Kier molecular flexibility index (Phi) is 8.61. The Morgan fingerprint density at radius 3 is 1.92 bits per heavy atom. The van der Waals surface area contributed by atoms with Gasteiger partial charge in [0.1, 0.15) is 5.82 Å². The number of Topliss-reactive ketones (excluding diaryl/α,β-unsaturated/α-hetero) is 2. The molecule has 6 aromatic rings. The average Bonchev–Trinajstić information content (AvgIpc) is 3.34. The van der Waals surface area contributed by atoms with Crippen LogP contribution in [-0.2, 0) is 5.41 Å². The summed E-state index contributed by atoms with van der Waals surface area (Å²) in [5.41, 5.74) is 7.56. The van der Waals surface area contributed by atoms with Gasteiger partial charge in [0.2, 0.25) is 0 Å². The topological polar surface area (TPSA) is 37.4 Å². The van der Waals surface area contributed by atoms with E-state index >= 15 is 0 Å². The molecule has 1 aliphatic carbocycles. The maximum absolute atomic E-state index is 14.3.